The lowest BCUT2D eigenvalue weighted by atomic mass is 10.1. The van der Waals surface area contributed by atoms with Crippen LogP contribution in [-0.4, -0.2) is 11.8 Å². The number of carbonyl (C=O) groups is 2. The molecule has 0 fully saturated rings. The Bertz CT molecular complexity index is 631. The number of benzene rings is 1. The molecule has 0 atom stereocenters. The van der Waals surface area contributed by atoms with E-state index in [-0.39, 0.29) is 11.8 Å². The summed E-state index contributed by atoms with van der Waals surface area (Å²) < 4.78 is 0. The third-order valence-corrected chi connectivity index (χ3v) is 3.70. The minimum absolute atomic E-state index is 0.337. The second kappa shape index (κ2) is 7.40. The molecule has 5 heteroatoms. The number of hydrazine groups is 1. The van der Waals surface area contributed by atoms with Crippen molar-refractivity contribution in [2.75, 3.05) is 0 Å². The van der Waals surface area contributed by atoms with E-state index in [1.165, 1.54) is 17.4 Å². The quantitative estimate of drug-likeness (QED) is 0.674. The van der Waals surface area contributed by atoms with Gasteiger partial charge in [0.2, 0.25) is 0 Å². The molecule has 0 spiro atoms. The van der Waals surface area contributed by atoms with Gasteiger partial charge in [-0.05, 0) is 41.6 Å². The van der Waals surface area contributed by atoms with Gasteiger partial charge in [0.15, 0.2) is 0 Å². The van der Waals surface area contributed by atoms with E-state index < -0.39 is 0 Å². The molecule has 1 aromatic heterocycles. The van der Waals surface area contributed by atoms with Crippen molar-refractivity contribution in [2.45, 2.75) is 13.3 Å². The van der Waals surface area contributed by atoms with Crippen molar-refractivity contribution in [1.82, 2.24) is 10.9 Å². The molecular formula is C16H16N2O2S. The van der Waals surface area contributed by atoms with Crippen LogP contribution in [0, 0.1) is 0 Å². The molecule has 2 rings (SSSR count). The highest BCUT2D eigenvalue weighted by atomic mass is 32.1. The smallest absolute Gasteiger partial charge is 0.268 e. The Kier molecular flexibility index (Phi) is 5.29. The molecule has 0 aliphatic heterocycles. The molecule has 0 unspecified atom stereocenters. The molecule has 0 aliphatic rings. The van der Waals surface area contributed by atoms with Gasteiger partial charge >= 0.3 is 0 Å². The van der Waals surface area contributed by atoms with E-state index in [9.17, 15) is 9.59 Å². The van der Waals surface area contributed by atoms with Crippen molar-refractivity contribution in [3.63, 3.8) is 0 Å². The Labute approximate surface area is 127 Å². The van der Waals surface area contributed by atoms with Crippen LogP contribution in [0.25, 0.3) is 6.08 Å². The van der Waals surface area contributed by atoms with Gasteiger partial charge in [0.05, 0.1) is 0 Å². The fraction of sp³-hybridized carbons (Fsp3) is 0.125. The normalized spacial score (nSPS) is 10.5. The van der Waals surface area contributed by atoms with Crippen LogP contribution in [0.3, 0.4) is 0 Å². The van der Waals surface area contributed by atoms with Gasteiger partial charge in [-0.3, -0.25) is 20.4 Å². The van der Waals surface area contributed by atoms with Crippen LogP contribution in [0.5, 0.6) is 0 Å². The highest BCUT2D eigenvalue weighted by molar-refractivity contribution is 7.10. The zero-order valence-electron chi connectivity index (χ0n) is 11.6. The molecule has 0 aliphatic carbocycles. The van der Waals surface area contributed by atoms with Crippen molar-refractivity contribution in [3.8, 4) is 0 Å². The molecule has 4 nitrogen and oxygen atoms in total. The lowest BCUT2D eigenvalue weighted by Crippen LogP contribution is -2.40. The third kappa shape index (κ3) is 4.57. The van der Waals surface area contributed by atoms with E-state index >= 15 is 0 Å². The summed E-state index contributed by atoms with van der Waals surface area (Å²) in [5.41, 5.74) is 6.40. The van der Waals surface area contributed by atoms with Crippen LogP contribution in [0.1, 0.15) is 27.7 Å². The average Bonchev–Trinajstić information content (AvgIpc) is 3.04. The number of nitrogens with one attached hydrogen (secondary N) is 2. The van der Waals surface area contributed by atoms with E-state index in [0.717, 1.165) is 16.9 Å². The summed E-state index contributed by atoms with van der Waals surface area (Å²) in [6.45, 7) is 2.05. The molecule has 1 heterocycles. The van der Waals surface area contributed by atoms with Crippen LogP contribution in [0.15, 0.2) is 47.9 Å². The predicted molar refractivity (Wildman–Crippen MR) is 84.8 cm³/mol. The summed E-state index contributed by atoms with van der Waals surface area (Å²) in [7, 11) is 0. The average molecular weight is 300 g/mol. The van der Waals surface area contributed by atoms with Gasteiger partial charge < -0.3 is 0 Å². The first-order chi connectivity index (χ1) is 10.2. The number of hydrogen-bond donors (Lipinski definition) is 2. The van der Waals surface area contributed by atoms with Crippen molar-refractivity contribution in [1.29, 1.82) is 0 Å². The second-order valence-electron chi connectivity index (χ2n) is 4.34. The minimum atomic E-state index is -0.373. The number of carbonyl (C=O) groups excluding carboxylic acids is 2. The van der Waals surface area contributed by atoms with Gasteiger partial charge in [0.25, 0.3) is 11.8 Å². The van der Waals surface area contributed by atoms with Gasteiger partial charge in [0.1, 0.15) is 0 Å². The van der Waals surface area contributed by atoms with Gasteiger partial charge in [-0.25, -0.2) is 0 Å². The summed E-state index contributed by atoms with van der Waals surface area (Å²) in [6, 6.07) is 11.1. The summed E-state index contributed by atoms with van der Waals surface area (Å²) in [5.74, 6) is -0.711. The zero-order valence-corrected chi connectivity index (χ0v) is 12.4. The van der Waals surface area contributed by atoms with Crippen LogP contribution in [0.4, 0.5) is 0 Å². The van der Waals surface area contributed by atoms with Gasteiger partial charge in [0, 0.05) is 16.5 Å². The fourth-order valence-corrected chi connectivity index (χ4v) is 2.29. The largest absolute Gasteiger partial charge is 0.269 e. The minimum Gasteiger partial charge on any atom is -0.268 e. The Morgan fingerprint density at radius 2 is 1.90 bits per heavy atom. The van der Waals surface area contributed by atoms with Gasteiger partial charge in [-0.2, -0.15) is 0 Å². The van der Waals surface area contributed by atoms with Crippen molar-refractivity contribution in [2.24, 2.45) is 0 Å². The van der Waals surface area contributed by atoms with Crippen molar-refractivity contribution >= 4 is 29.2 Å². The van der Waals surface area contributed by atoms with E-state index in [0.29, 0.717) is 5.56 Å². The van der Waals surface area contributed by atoms with Crippen LogP contribution < -0.4 is 10.9 Å². The SMILES string of the molecule is CCc1ccc(C(=O)NNC(=O)/C=C/c2cccs2)cc1. The standard InChI is InChI=1S/C16H16N2O2S/c1-2-12-5-7-13(8-6-12)16(20)18-17-15(19)10-9-14-4-3-11-21-14/h3-11H,2H2,1H3,(H,17,19)(H,18,20)/b10-9+. The summed E-state index contributed by atoms with van der Waals surface area (Å²) in [6.07, 6.45) is 4.00. The maximum Gasteiger partial charge on any atom is 0.269 e. The predicted octanol–water partition coefficient (Wildman–Crippen LogP) is 2.78. The molecule has 0 bridgehead atoms. The van der Waals surface area contributed by atoms with Gasteiger partial charge in [-0.15, -0.1) is 11.3 Å². The second-order valence-corrected chi connectivity index (χ2v) is 5.32. The first-order valence-corrected chi connectivity index (χ1v) is 7.48. The van der Waals surface area contributed by atoms with Crippen LogP contribution in [-0.2, 0) is 11.2 Å². The Morgan fingerprint density at radius 1 is 1.14 bits per heavy atom. The number of thiophene rings is 1. The third-order valence-electron chi connectivity index (χ3n) is 2.87. The van der Waals surface area contributed by atoms with Crippen molar-refractivity contribution < 1.29 is 9.59 Å². The van der Waals surface area contributed by atoms with E-state index in [1.54, 1.807) is 18.2 Å². The van der Waals surface area contributed by atoms with Crippen LogP contribution >= 0.6 is 11.3 Å². The molecule has 0 saturated heterocycles. The zero-order chi connectivity index (χ0) is 15.1. The number of rotatable bonds is 4. The summed E-state index contributed by atoms with van der Waals surface area (Å²) in [5, 5.41) is 1.93. The summed E-state index contributed by atoms with van der Waals surface area (Å²) >= 11 is 1.54. The topological polar surface area (TPSA) is 58.2 Å². The molecule has 108 valence electrons. The number of aryl methyl sites for hydroxylation is 1. The molecule has 0 radical (unpaired) electrons. The Hall–Kier alpha value is -2.40. The Morgan fingerprint density at radius 3 is 2.52 bits per heavy atom. The maximum absolute atomic E-state index is 11.8. The first kappa shape index (κ1) is 15.0. The molecule has 2 amide bonds. The van der Waals surface area contributed by atoms with E-state index in [4.69, 9.17) is 0 Å². The van der Waals surface area contributed by atoms with E-state index in [1.807, 2.05) is 29.6 Å². The van der Waals surface area contributed by atoms with E-state index in [2.05, 4.69) is 17.8 Å². The van der Waals surface area contributed by atoms with Crippen molar-refractivity contribution in [3.05, 3.63) is 63.9 Å². The van der Waals surface area contributed by atoms with Gasteiger partial charge in [-0.1, -0.05) is 25.1 Å². The molecule has 1 aromatic carbocycles. The molecular weight excluding hydrogens is 284 g/mol. The lowest BCUT2D eigenvalue weighted by Gasteiger charge is -2.05. The molecule has 21 heavy (non-hydrogen) atoms. The first-order valence-electron chi connectivity index (χ1n) is 6.60. The monoisotopic (exact) mass is 300 g/mol. The Balaban J connectivity index is 1.84. The maximum atomic E-state index is 11.8. The lowest BCUT2D eigenvalue weighted by molar-refractivity contribution is -0.117. The van der Waals surface area contributed by atoms with Crippen LogP contribution in [0.2, 0.25) is 0 Å². The molecule has 2 N–H and O–H groups in total. The highest BCUT2D eigenvalue weighted by Gasteiger charge is 2.05. The number of hydrogen-bond acceptors (Lipinski definition) is 3. The fourth-order valence-electron chi connectivity index (χ4n) is 1.67. The number of amides is 2. The highest BCUT2D eigenvalue weighted by Crippen LogP contribution is 2.09. The summed E-state index contributed by atoms with van der Waals surface area (Å²) in [4.78, 5) is 24.4. The molecule has 2 aromatic rings. The molecule has 0 saturated carbocycles.